The van der Waals surface area contributed by atoms with Crippen LogP contribution in [0.15, 0.2) is 29.4 Å². The van der Waals surface area contributed by atoms with Gasteiger partial charge >= 0.3 is 0 Å². The highest BCUT2D eigenvalue weighted by Gasteiger charge is 2.23. The van der Waals surface area contributed by atoms with Gasteiger partial charge in [-0.05, 0) is 31.4 Å². The van der Waals surface area contributed by atoms with Gasteiger partial charge in [-0.2, -0.15) is 0 Å². The van der Waals surface area contributed by atoms with Crippen molar-refractivity contribution in [3.63, 3.8) is 0 Å². The highest BCUT2D eigenvalue weighted by molar-refractivity contribution is 5.89. The quantitative estimate of drug-likeness (QED) is 0.631. The van der Waals surface area contributed by atoms with E-state index in [0.717, 1.165) is 42.4 Å². The smallest absolute Gasteiger partial charge is 0.113 e. The van der Waals surface area contributed by atoms with Crippen LogP contribution in [0.4, 0.5) is 0 Å². The summed E-state index contributed by atoms with van der Waals surface area (Å²) >= 11 is 0. The summed E-state index contributed by atoms with van der Waals surface area (Å²) in [5.41, 5.74) is 2.73. The van der Waals surface area contributed by atoms with Crippen LogP contribution in [0, 0.1) is 0 Å². The zero-order valence-electron chi connectivity index (χ0n) is 10.9. The van der Waals surface area contributed by atoms with Crippen LogP contribution < -0.4 is 0 Å². The van der Waals surface area contributed by atoms with E-state index in [4.69, 9.17) is 0 Å². The Morgan fingerprint density at radius 1 is 1.16 bits per heavy atom. The van der Waals surface area contributed by atoms with Gasteiger partial charge < -0.3 is 5.21 Å². The highest BCUT2D eigenvalue weighted by Crippen LogP contribution is 2.26. The molecule has 0 spiro atoms. The molecule has 1 N–H and O–H groups in total. The van der Waals surface area contributed by atoms with Gasteiger partial charge in [0, 0.05) is 0 Å². The number of para-hydroxylation sites is 1. The molecule has 1 aliphatic rings. The molecule has 1 fully saturated rings. The van der Waals surface area contributed by atoms with E-state index < -0.39 is 0 Å². The number of fused-ring (bicyclic) bond motifs is 1. The molecule has 5 nitrogen and oxygen atoms in total. The molecule has 1 aromatic heterocycles. The van der Waals surface area contributed by atoms with Crippen LogP contribution in [-0.4, -0.2) is 25.9 Å². The first-order valence-corrected chi connectivity index (χ1v) is 6.91. The summed E-state index contributed by atoms with van der Waals surface area (Å²) in [6.07, 6.45) is 6.48. The molecule has 5 heteroatoms. The third kappa shape index (κ3) is 2.32. The van der Waals surface area contributed by atoms with E-state index in [2.05, 4.69) is 15.5 Å². The van der Waals surface area contributed by atoms with Crippen molar-refractivity contribution in [2.75, 3.05) is 0 Å². The number of aromatic nitrogens is 3. The monoisotopic (exact) mass is 258 g/mol. The Kier molecular flexibility index (Phi) is 3.44. The molecule has 19 heavy (non-hydrogen) atoms. The third-order valence-electron chi connectivity index (χ3n) is 3.85. The van der Waals surface area contributed by atoms with Crippen molar-refractivity contribution in [2.45, 2.75) is 44.6 Å². The van der Waals surface area contributed by atoms with E-state index in [1.54, 1.807) is 0 Å². The van der Waals surface area contributed by atoms with E-state index in [0.29, 0.717) is 0 Å². The van der Waals surface area contributed by atoms with Crippen LogP contribution in [0.2, 0.25) is 0 Å². The molecule has 0 unspecified atom stereocenters. The molecule has 2 aromatic rings. The molecule has 1 aromatic carbocycles. The predicted molar refractivity (Wildman–Crippen MR) is 73.5 cm³/mol. The molecule has 0 aliphatic heterocycles. The predicted octanol–water partition coefficient (Wildman–Crippen LogP) is 3.16. The standard InChI is InChI=1S/C14H18N4O/c19-16-12-8-3-1-2-4-9-14(12)18-13-10-6-5-7-11(13)15-17-18/h5-7,10,14,19H,1-4,8-9H2/b16-12-/t14-/m0/s1. The summed E-state index contributed by atoms with van der Waals surface area (Å²) in [5, 5.41) is 21.3. The Balaban J connectivity index is 2.01. The molecular formula is C14H18N4O. The number of benzene rings is 1. The van der Waals surface area contributed by atoms with E-state index in [-0.39, 0.29) is 6.04 Å². The Morgan fingerprint density at radius 3 is 2.89 bits per heavy atom. The minimum atomic E-state index is 0.0395. The second-order valence-electron chi connectivity index (χ2n) is 5.08. The lowest BCUT2D eigenvalue weighted by Crippen LogP contribution is -2.22. The number of oxime groups is 1. The van der Waals surface area contributed by atoms with Gasteiger partial charge in [0.2, 0.25) is 0 Å². The number of hydrogen-bond donors (Lipinski definition) is 1. The molecule has 1 atom stereocenters. The topological polar surface area (TPSA) is 63.3 Å². The fraction of sp³-hybridized carbons (Fsp3) is 0.500. The Bertz CT molecular complexity index is 590. The van der Waals surface area contributed by atoms with Crippen LogP contribution in [0.3, 0.4) is 0 Å². The molecule has 3 rings (SSSR count). The minimum absolute atomic E-state index is 0.0395. The first kappa shape index (κ1) is 12.1. The average Bonchev–Trinajstić information content (AvgIpc) is 2.83. The molecule has 0 saturated heterocycles. The maximum absolute atomic E-state index is 9.28. The van der Waals surface area contributed by atoms with Crippen molar-refractivity contribution in [3.8, 4) is 0 Å². The number of hydrogen-bond acceptors (Lipinski definition) is 4. The summed E-state index contributed by atoms with van der Waals surface area (Å²) < 4.78 is 1.91. The molecule has 0 amide bonds. The molecule has 0 bridgehead atoms. The van der Waals surface area contributed by atoms with Crippen molar-refractivity contribution in [3.05, 3.63) is 24.3 Å². The third-order valence-corrected chi connectivity index (χ3v) is 3.85. The summed E-state index contributed by atoms with van der Waals surface area (Å²) in [6.45, 7) is 0. The SMILES string of the molecule is O/N=C1/CCCCCC[C@@H]1n1nnc2ccccc21. The second-order valence-corrected chi connectivity index (χ2v) is 5.08. The zero-order chi connectivity index (χ0) is 13.1. The largest absolute Gasteiger partial charge is 0.411 e. The van der Waals surface area contributed by atoms with Gasteiger partial charge in [-0.15, -0.1) is 5.10 Å². The Hall–Kier alpha value is -1.91. The van der Waals surface area contributed by atoms with Crippen LogP contribution >= 0.6 is 0 Å². The first-order valence-electron chi connectivity index (χ1n) is 6.91. The fourth-order valence-corrected chi connectivity index (χ4v) is 2.83. The van der Waals surface area contributed by atoms with Crippen molar-refractivity contribution in [1.82, 2.24) is 15.0 Å². The summed E-state index contributed by atoms with van der Waals surface area (Å²) in [6, 6.07) is 7.96. The van der Waals surface area contributed by atoms with Gasteiger partial charge in [0.05, 0.1) is 17.3 Å². The van der Waals surface area contributed by atoms with E-state index in [1.807, 2.05) is 28.9 Å². The van der Waals surface area contributed by atoms with Gasteiger partial charge in [-0.3, -0.25) is 0 Å². The lowest BCUT2D eigenvalue weighted by Gasteiger charge is -2.21. The van der Waals surface area contributed by atoms with E-state index in [1.165, 1.54) is 12.8 Å². The average molecular weight is 258 g/mol. The van der Waals surface area contributed by atoms with Crippen molar-refractivity contribution in [2.24, 2.45) is 5.16 Å². The second kappa shape index (κ2) is 5.38. The van der Waals surface area contributed by atoms with Crippen LogP contribution in [0.25, 0.3) is 11.0 Å². The van der Waals surface area contributed by atoms with Crippen molar-refractivity contribution in [1.29, 1.82) is 0 Å². The van der Waals surface area contributed by atoms with Gasteiger partial charge in [0.1, 0.15) is 5.52 Å². The summed E-state index contributed by atoms with van der Waals surface area (Å²) in [5.74, 6) is 0. The van der Waals surface area contributed by atoms with Crippen LogP contribution in [-0.2, 0) is 0 Å². The van der Waals surface area contributed by atoms with Gasteiger partial charge in [0.15, 0.2) is 0 Å². The van der Waals surface area contributed by atoms with E-state index in [9.17, 15) is 5.21 Å². The molecular weight excluding hydrogens is 240 g/mol. The normalized spacial score (nSPS) is 23.4. The van der Waals surface area contributed by atoms with Crippen LogP contribution in [0.5, 0.6) is 0 Å². The fourth-order valence-electron chi connectivity index (χ4n) is 2.83. The molecule has 1 heterocycles. The molecule has 1 aliphatic carbocycles. The van der Waals surface area contributed by atoms with Gasteiger partial charge in [-0.25, -0.2) is 4.68 Å². The maximum Gasteiger partial charge on any atom is 0.113 e. The Labute approximate surface area is 111 Å². The maximum atomic E-state index is 9.28. The van der Waals surface area contributed by atoms with E-state index >= 15 is 0 Å². The molecule has 1 saturated carbocycles. The summed E-state index contributed by atoms with van der Waals surface area (Å²) in [4.78, 5) is 0. The first-order chi connectivity index (χ1) is 9.40. The zero-order valence-corrected chi connectivity index (χ0v) is 10.9. The minimum Gasteiger partial charge on any atom is -0.411 e. The Morgan fingerprint density at radius 2 is 2.00 bits per heavy atom. The summed E-state index contributed by atoms with van der Waals surface area (Å²) in [7, 11) is 0. The number of nitrogens with zero attached hydrogens (tertiary/aromatic N) is 4. The molecule has 0 radical (unpaired) electrons. The lowest BCUT2D eigenvalue weighted by atomic mass is 9.95. The molecule has 100 valence electrons. The van der Waals surface area contributed by atoms with Crippen LogP contribution in [0.1, 0.15) is 44.6 Å². The lowest BCUT2D eigenvalue weighted by molar-refractivity contribution is 0.309. The van der Waals surface area contributed by atoms with Gasteiger partial charge in [0.25, 0.3) is 0 Å². The van der Waals surface area contributed by atoms with Gasteiger partial charge in [-0.1, -0.05) is 41.8 Å². The highest BCUT2D eigenvalue weighted by atomic mass is 16.4. The number of rotatable bonds is 1. The van der Waals surface area contributed by atoms with Crippen molar-refractivity contribution < 1.29 is 5.21 Å². The van der Waals surface area contributed by atoms with Crippen molar-refractivity contribution >= 4 is 16.7 Å².